The number of aliphatic imine (C=N–C) groups is 1. The van der Waals surface area contributed by atoms with E-state index in [1.807, 2.05) is 6.20 Å². The van der Waals surface area contributed by atoms with Gasteiger partial charge in [0, 0.05) is 37.1 Å². The second kappa shape index (κ2) is 11.8. The number of nitrogens with zero attached hydrogens (tertiary/aromatic N) is 2. The first-order valence-corrected chi connectivity index (χ1v) is 9.21. The van der Waals surface area contributed by atoms with Crippen LogP contribution in [0.4, 0.5) is 0 Å². The number of allylic oxidation sites excluding steroid dienone is 1. The highest BCUT2D eigenvalue weighted by molar-refractivity contribution is 14.0. The van der Waals surface area contributed by atoms with Gasteiger partial charge in [-0.05, 0) is 46.0 Å². The topological polar surface area (TPSA) is 49.3 Å². The maximum atomic E-state index is 4.64. The molecule has 0 aliphatic heterocycles. The van der Waals surface area contributed by atoms with Crippen LogP contribution in [0.15, 0.2) is 22.8 Å². The number of aromatic nitrogens is 1. The van der Waals surface area contributed by atoms with Gasteiger partial charge in [-0.3, -0.25) is 4.99 Å². The lowest BCUT2D eigenvalue weighted by Crippen LogP contribution is -2.38. The molecule has 0 aromatic carbocycles. The van der Waals surface area contributed by atoms with Crippen molar-refractivity contribution in [2.45, 2.75) is 52.4 Å². The van der Waals surface area contributed by atoms with Crippen molar-refractivity contribution in [3.05, 3.63) is 27.7 Å². The molecule has 0 radical (unpaired) electrons. The van der Waals surface area contributed by atoms with Crippen molar-refractivity contribution in [2.75, 3.05) is 19.6 Å². The first-order valence-electron chi connectivity index (χ1n) is 8.39. The molecule has 1 heterocycles. The van der Waals surface area contributed by atoms with Crippen LogP contribution in [-0.2, 0) is 6.42 Å². The number of nitrogens with one attached hydrogen (secondary N) is 2. The summed E-state index contributed by atoms with van der Waals surface area (Å²) in [5.74, 6) is 0.923. The molecule has 0 fully saturated rings. The summed E-state index contributed by atoms with van der Waals surface area (Å²) >= 11 is 1.76. The van der Waals surface area contributed by atoms with Crippen molar-refractivity contribution in [2.24, 2.45) is 4.99 Å². The predicted molar refractivity (Wildman–Crippen MR) is 111 cm³/mol. The van der Waals surface area contributed by atoms with Gasteiger partial charge in [-0.2, -0.15) is 0 Å². The fourth-order valence-corrected chi connectivity index (χ4v) is 3.37. The zero-order valence-electron chi connectivity index (χ0n) is 14.2. The van der Waals surface area contributed by atoms with Gasteiger partial charge in [-0.1, -0.05) is 11.6 Å². The highest BCUT2D eigenvalue weighted by atomic mass is 127. The Morgan fingerprint density at radius 1 is 1.30 bits per heavy atom. The smallest absolute Gasteiger partial charge is 0.191 e. The third-order valence-electron chi connectivity index (χ3n) is 3.73. The zero-order valence-corrected chi connectivity index (χ0v) is 17.4. The minimum atomic E-state index is 0. The molecule has 0 saturated carbocycles. The fourth-order valence-electron chi connectivity index (χ4n) is 2.60. The quantitative estimate of drug-likeness (QED) is 0.286. The highest BCUT2D eigenvalue weighted by Gasteiger charge is 2.04. The number of aryl methyl sites for hydroxylation is 1. The van der Waals surface area contributed by atoms with Gasteiger partial charge in [0.1, 0.15) is 0 Å². The molecule has 6 heteroatoms. The number of guanidine groups is 1. The van der Waals surface area contributed by atoms with Crippen molar-refractivity contribution < 1.29 is 0 Å². The van der Waals surface area contributed by atoms with Crippen molar-refractivity contribution in [1.82, 2.24) is 15.6 Å². The monoisotopic (exact) mass is 448 g/mol. The third kappa shape index (κ3) is 8.15. The Morgan fingerprint density at radius 3 is 2.83 bits per heavy atom. The van der Waals surface area contributed by atoms with Gasteiger partial charge in [0.05, 0.1) is 5.01 Å². The summed E-state index contributed by atoms with van der Waals surface area (Å²) in [4.78, 5) is 10.3. The van der Waals surface area contributed by atoms with Crippen molar-refractivity contribution >= 4 is 41.3 Å². The lowest BCUT2D eigenvalue weighted by atomic mass is 9.97. The number of rotatable bonds is 7. The molecular formula is C17H29IN4S. The van der Waals surface area contributed by atoms with Crippen LogP contribution < -0.4 is 10.6 Å². The maximum Gasteiger partial charge on any atom is 0.191 e. The molecule has 2 rings (SSSR count). The number of halogens is 1. The van der Waals surface area contributed by atoms with Crippen molar-refractivity contribution in [3.8, 4) is 0 Å². The van der Waals surface area contributed by atoms with E-state index in [0.29, 0.717) is 0 Å². The number of thiazole rings is 1. The largest absolute Gasteiger partial charge is 0.357 e. The average molecular weight is 448 g/mol. The zero-order chi connectivity index (χ0) is 15.6. The summed E-state index contributed by atoms with van der Waals surface area (Å²) < 4.78 is 0. The summed E-state index contributed by atoms with van der Waals surface area (Å²) in [6, 6.07) is 0. The second-order valence-corrected chi connectivity index (χ2v) is 6.98. The summed E-state index contributed by atoms with van der Waals surface area (Å²) in [6.45, 7) is 6.84. The van der Waals surface area contributed by atoms with Crippen LogP contribution >= 0.6 is 35.3 Å². The van der Waals surface area contributed by atoms with E-state index in [0.717, 1.165) is 38.4 Å². The Labute approximate surface area is 161 Å². The van der Waals surface area contributed by atoms with Gasteiger partial charge in [-0.25, -0.2) is 4.98 Å². The molecule has 1 aliphatic carbocycles. The van der Waals surface area contributed by atoms with Crippen LogP contribution in [0, 0.1) is 6.92 Å². The normalized spacial score (nSPS) is 14.9. The standard InChI is InChI=1S/C17H28N4S.HI/c1-3-18-17(19-11-9-15-7-5-4-6-8-15)20-12-10-16-21-13-14(2)22-16;/h7,13H,3-6,8-12H2,1-2H3,(H2,18,19,20);1H. The van der Waals surface area contributed by atoms with Crippen LogP contribution in [0.1, 0.15) is 48.9 Å². The molecule has 0 spiro atoms. The van der Waals surface area contributed by atoms with E-state index >= 15 is 0 Å². The number of hydrogen-bond donors (Lipinski definition) is 2. The SMILES string of the molecule is CCNC(=NCCc1ncc(C)s1)NCCC1=CCCCC1.I. The predicted octanol–water partition coefficient (Wildman–Crippen LogP) is 4.06. The molecule has 0 amide bonds. The van der Waals surface area contributed by atoms with E-state index in [-0.39, 0.29) is 24.0 Å². The molecule has 4 nitrogen and oxygen atoms in total. The Morgan fingerprint density at radius 2 is 2.17 bits per heavy atom. The van der Waals surface area contributed by atoms with Crippen molar-refractivity contribution in [3.63, 3.8) is 0 Å². The van der Waals surface area contributed by atoms with E-state index < -0.39 is 0 Å². The lowest BCUT2D eigenvalue weighted by molar-refractivity contribution is 0.665. The Bertz CT molecular complexity index is 510. The summed E-state index contributed by atoms with van der Waals surface area (Å²) in [6.07, 6.45) is 11.7. The molecule has 1 aromatic rings. The van der Waals surface area contributed by atoms with E-state index in [4.69, 9.17) is 0 Å². The molecular weight excluding hydrogens is 419 g/mol. The second-order valence-electron chi connectivity index (χ2n) is 5.66. The van der Waals surface area contributed by atoms with Gasteiger partial charge < -0.3 is 10.6 Å². The third-order valence-corrected chi connectivity index (χ3v) is 4.71. The van der Waals surface area contributed by atoms with Gasteiger partial charge in [-0.15, -0.1) is 35.3 Å². The van der Waals surface area contributed by atoms with Crippen LogP contribution in [0.3, 0.4) is 0 Å². The van der Waals surface area contributed by atoms with Crippen LogP contribution in [0.25, 0.3) is 0 Å². The molecule has 0 atom stereocenters. The van der Waals surface area contributed by atoms with E-state index in [1.54, 1.807) is 16.9 Å². The molecule has 0 saturated heterocycles. The van der Waals surface area contributed by atoms with Crippen LogP contribution in [-0.4, -0.2) is 30.6 Å². The van der Waals surface area contributed by atoms with E-state index in [2.05, 4.69) is 40.5 Å². The maximum absolute atomic E-state index is 4.64. The molecule has 130 valence electrons. The fraction of sp³-hybridized carbons (Fsp3) is 0.647. The first kappa shape index (κ1) is 20.4. The van der Waals surface area contributed by atoms with E-state index in [1.165, 1.54) is 35.6 Å². The molecule has 2 N–H and O–H groups in total. The highest BCUT2D eigenvalue weighted by Crippen LogP contribution is 2.19. The summed E-state index contributed by atoms with van der Waals surface area (Å²) in [7, 11) is 0. The van der Waals surface area contributed by atoms with Crippen LogP contribution in [0.5, 0.6) is 0 Å². The van der Waals surface area contributed by atoms with E-state index in [9.17, 15) is 0 Å². The molecule has 1 aliphatic rings. The molecule has 23 heavy (non-hydrogen) atoms. The van der Waals surface area contributed by atoms with Crippen molar-refractivity contribution in [1.29, 1.82) is 0 Å². The Kier molecular flexibility index (Phi) is 10.5. The molecule has 1 aromatic heterocycles. The van der Waals surface area contributed by atoms with Crippen LogP contribution in [0.2, 0.25) is 0 Å². The van der Waals surface area contributed by atoms with Gasteiger partial charge in [0.15, 0.2) is 5.96 Å². The summed E-state index contributed by atoms with van der Waals surface area (Å²) in [5.41, 5.74) is 1.60. The number of hydrogen-bond acceptors (Lipinski definition) is 3. The summed E-state index contributed by atoms with van der Waals surface area (Å²) in [5, 5.41) is 7.93. The Hall–Kier alpha value is -0.630. The minimum Gasteiger partial charge on any atom is -0.357 e. The van der Waals surface area contributed by atoms with Gasteiger partial charge in [0.2, 0.25) is 0 Å². The van der Waals surface area contributed by atoms with Gasteiger partial charge >= 0.3 is 0 Å². The lowest BCUT2D eigenvalue weighted by Gasteiger charge is -2.15. The average Bonchev–Trinajstić information content (AvgIpc) is 2.94. The molecule has 0 bridgehead atoms. The first-order chi connectivity index (χ1) is 10.8. The Balaban J connectivity index is 0.00000264. The minimum absolute atomic E-state index is 0. The molecule has 0 unspecified atom stereocenters. The van der Waals surface area contributed by atoms with Gasteiger partial charge in [0.25, 0.3) is 0 Å².